The molecule has 10 heavy (non-hydrogen) atoms. The molecule has 1 nitrogen and oxygen atoms in total. The number of hydrogen-bond acceptors (Lipinski definition) is 1. The Morgan fingerprint density at radius 3 is 2.80 bits per heavy atom. The van der Waals surface area contributed by atoms with Crippen molar-refractivity contribution in [1.29, 1.82) is 0 Å². The summed E-state index contributed by atoms with van der Waals surface area (Å²) in [5.41, 5.74) is 1.50. The third kappa shape index (κ3) is 2.14. The van der Waals surface area contributed by atoms with Gasteiger partial charge < -0.3 is 4.74 Å². The molecule has 1 aliphatic heterocycles. The highest BCUT2D eigenvalue weighted by molar-refractivity contribution is 5.11. The second kappa shape index (κ2) is 3.77. The fourth-order valence-corrected chi connectivity index (χ4v) is 1.13. The summed E-state index contributed by atoms with van der Waals surface area (Å²) in [7, 11) is 0. The first-order valence-electron chi connectivity index (χ1n) is 4.15. The van der Waals surface area contributed by atoms with Crippen LogP contribution in [0.3, 0.4) is 0 Å². The lowest BCUT2D eigenvalue weighted by Crippen LogP contribution is -1.91. The van der Waals surface area contributed by atoms with Crippen LogP contribution in [0.2, 0.25) is 0 Å². The van der Waals surface area contributed by atoms with Crippen molar-refractivity contribution < 1.29 is 4.74 Å². The second-order valence-electron chi connectivity index (χ2n) is 2.79. The molecule has 0 bridgehead atoms. The van der Waals surface area contributed by atoms with Crippen molar-refractivity contribution in [2.45, 2.75) is 39.2 Å². The monoisotopic (exact) mass is 140 g/mol. The molecule has 1 fully saturated rings. The Balaban J connectivity index is 2.20. The van der Waals surface area contributed by atoms with Crippen LogP contribution in [0.1, 0.15) is 33.1 Å². The zero-order valence-electron chi connectivity index (χ0n) is 6.89. The van der Waals surface area contributed by atoms with Crippen molar-refractivity contribution in [2.24, 2.45) is 0 Å². The van der Waals surface area contributed by atoms with Crippen LogP contribution >= 0.6 is 0 Å². The summed E-state index contributed by atoms with van der Waals surface area (Å²) in [4.78, 5) is 0. The van der Waals surface area contributed by atoms with Gasteiger partial charge in [-0.3, -0.25) is 0 Å². The second-order valence-corrected chi connectivity index (χ2v) is 2.79. The summed E-state index contributed by atoms with van der Waals surface area (Å²) in [6.45, 7) is 5.29. The standard InChI is InChI=1S/C9H16O/c1-3-5-6-8(4-2)9-7-10-9/h4,9H,3,5-7H2,1-2H3/b8-4+. The van der Waals surface area contributed by atoms with Gasteiger partial charge in [0.2, 0.25) is 0 Å². The Labute approximate surface area is 63.1 Å². The largest absolute Gasteiger partial charge is 0.368 e. The van der Waals surface area contributed by atoms with E-state index in [1.165, 1.54) is 24.8 Å². The molecule has 0 radical (unpaired) electrons. The molecule has 0 amide bonds. The minimum Gasteiger partial charge on any atom is -0.368 e. The van der Waals surface area contributed by atoms with Gasteiger partial charge in [-0.15, -0.1) is 0 Å². The van der Waals surface area contributed by atoms with Crippen molar-refractivity contribution in [2.75, 3.05) is 6.61 Å². The van der Waals surface area contributed by atoms with E-state index in [0.717, 1.165) is 6.61 Å². The van der Waals surface area contributed by atoms with Crippen molar-refractivity contribution >= 4 is 0 Å². The first-order valence-corrected chi connectivity index (χ1v) is 4.15. The van der Waals surface area contributed by atoms with E-state index in [1.54, 1.807) is 0 Å². The van der Waals surface area contributed by atoms with E-state index in [0.29, 0.717) is 6.10 Å². The predicted octanol–water partition coefficient (Wildman–Crippen LogP) is 2.52. The molecule has 0 spiro atoms. The van der Waals surface area contributed by atoms with Crippen LogP contribution in [0.15, 0.2) is 11.6 Å². The highest BCUT2D eigenvalue weighted by Gasteiger charge is 2.25. The summed E-state index contributed by atoms with van der Waals surface area (Å²) in [5.74, 6) is 0. The summed E-state index contributed by atoms with van der Waals surface area (Å²) in [5, 5.41) is 0. The molecule has 1 saturated heterocycles. The van der Waals surface area contributed by atoms with Crippen LogP contribution in [0.25, 0.3) is 0 Å². The highest BCUT2D eigenvalue weighted by Crippen LogP contribution is 2.23. The molecule has 0 aromatic rings. The third-order valence-electron chi connectivity index (χ3n) is 1.94. The Bertz CT molecular complexity index is 123. The van der Waals surface area contributed by atoms with Gasteiger partial charge >= 0.3 is 0 Å². The maximum absolute atomic E-state index is 5.19. The zero-order valence-corrected chi connectivity index (χ0v) is 6.89. The molecule has 0 saturated carbocycles. The lowest BCUT2D eigenvalue weighted by atomic mass is 10.1. The minimum absolute atomic E-state index is 0.497. The molecule has 0 aromatic carbocycles. The van der Waals surface area contributed by atoms with Crippen LogP contribution in [0.4, 0.5) is 0 Å². The summed E-state index contributed by atoms with van der Waals surface area (Å²) in [6, 6.07) is 0. The molecule has 0 N–H and O–H groups in total. The van der Waals surface area contributed by atoms with E-state index in [-0.39, 0.29) is 0 Å². The molecule has 1 rings (SSSR count). The average molecular weight is 140 g/mol. The quantitative estimate of drug-likeness (QED) is 0.432. The van der Waals surface area contributed by atoms with Crippen molar-refractivity contribution in [3.05, 3.63) is 11.6 Å². The summed E-state index contributed by atoms with van der Waals surface area (Å²) >= 11 is 0. The molecule has 0 aromatic heterocycles. The summed E-state index contributed by atoms with van der Waals surface area (Å²) < 4.78 is 5.19. The van der Waals surface area contributed by atoms with Crippen LogP contribution in [-0.4, -0.2) is 12.7 Å². The first kappa shape index (κ1) is 7.80. The number of unbranched alkanes of at least 4 members (excludes halogenated alkanes) is 1. The topological polar surface area (TPSA) is 12.5 Å². The fourth-order valence-electron chi connectivity index (χ4n) is 1.13. The Hall–Kier alpha value is -0.300. The van der Waals surface area contributed by atoms with Gasteiger partial charge in [0, 0.05) is 0 Å². The minimum atomic E-state index is 0.497. The van der Waals surface area contributed by atoms with Crippen LogP contribution in [0, 0.1) is 0 Å². The van der Waals surface area contributed by atoms with Gasteiger partial charge in [0.15, 0.2) is 0 Å². The average Bonchev–Trinajstić information content (AvgIpc) is 2.73. The number of rotatable bonds is 4. The fraction of sp³-hybridized carbons (Fsp3) is 0.778. The van der Waals surface area contributed by atoms with Gasteiger partial charge in [0.25, 0.3) is 0 Å². The van der Waals surface area contributed by atoms with Gasteiger partial charge in [-0.25, -0.2) is 0 Å². The van der Waals surface area contributed by atoms with Gasteiger partial charge in [-0.1, -0.05) is 19.4 Å². The number of epoxide rings is 1. The predicted molar refractivity (Wildman–Crippen MR) is 43.0 cm³/mol. The SMILES string of the molecule is C/C=C(\CCCC)C1CO1. The lowest BCUT2D eigenvalue weighted by molar-refractivity contribution is 0.426. The van der Waals surface area contributed by atoms with E-state index in [1.807, 2.05) is 0 Å². The van der Waals surface area contributed by atoms with Crippen LogP contribution in [-0.2, 0) is 4.74 Å². The zero-order chi connectivity index (χ0) is 7.40. The van der Waals surface area contributed by atoms with Gasteiger partial charge in [-0.2, -0.15) is 0 Å². The Morgan fingerprint density at radius 1 is 1.70 bits per heavy atom. The van der Waals surface area contributed by atoms with Crippen molar-refractivity contribution in [3.63, 3.8) is 0 Å². The summed E-state index contributed by atoms with van der Waals surface area (Å²) in [6.07, 6.45) is 6.52. The molecular weight excluding hydrogens is 124 g/mol. The van der Waals surface area contributed by atoms with Gasteiger partial charge in [-0.05, 0) is 25.3 Å². The van der Waals surface area contributed by atoms with E-state index in [9.17, 15) is 0 Å². The third-order valence-corrected chi connectivity index (χ3v) is 1.94. The number of allylic oxidation sites excluding steroid dienone is 1. The molecule has 0 aliphatic carbocycles. The number of hydrogen-bond donors (Lipinski definition) is 0. The first-order chi connectivity index (χ1) is 4.88. The van der Waals surface area contributed by atoms with Crippen LogP contribution < -0.4 is 0 Å². The van der Waals surface area contributed by atoms with Crippen molar-refractivity contribution in [3.8, 4) is 0 Å². The van der Waals surface area contributed by atoms with E-state index in [2.05, 4.69) is 19.9 Å². The molecular formula is C9H16O. The Kier molecular flexibility index (Phi) is 2.94. The Morgan fingerprint density at radius 2 is 2.40 bits per heavy atom. The molecule has 1 atom stereocenters. The van der Waals surface area contributed by atoms with Gasteiger partial charge in [0.1, 0.15) is 6.10 Å². The molecule has 1 heterocycles. The maximum Gasteiger partial charge on any atom is 0.102 e. The molecule has 58 valence electrons. The number of ether oxygens (including phenoxy) is 1. The maximum atomic E-state index is 5.19. The molecule has 1 unspecified atom stereocenters. The normalized spacial score (nSPS) is 25.0. The van der Waals surface area contributed by atoms with Crippen LogP contribution in [0.5, 0.6) is 0 Å². The smallest absolute Gasteiger partial charge is 0.102 e. The van der Waals surface area contributed by atoms with E-state index < -0.39 is 0 Å². The highest BCUT2D eigenvalue weighted by atomic mass is 16.6. The van der Waals surface area contributed by atoms with Crippen molar-refractivity contribution in [1.82, 2.24) is 0 Å². The lowest BCUT2D eigenvalue weighted by Gasteiger charge is -1.99. The van der Waals surface area contributed by atoms with E-state index in [4.69, 9.17) is 4.74 Å². The van der Waals surface area contributed by atoms with Gasteiger partial charge in [0.05, 0.1) is 6.61 Å². The molecule has 1 heteroatoms. The van der Waals surface area contributed by atoms with E-state index >= 15 is 0 Å². The molecule has 1 aliphatic rings.